The maximum Gasteiger partial charge on any atom is 0.265 e. The maximum atomic E-state index is 13.1. The highest BCUT2D eigenvalue weighted by Gasteiger charge is 2.19. The van der Waals surface area contributed by atoms with Gasteiger partial charge < -0.3 is 4.90 Å². The van der Waals surface area contributed by atoms with Gasteiger partial charge >= 0.3 is 0 Å². The SMILES string of the molecule is Cc1ccc(Cn2c(=O)c(C(=O)N(C)CCC#N)cc3cccnc32)cc1. The van der Waals surface area contributed by atoms with Crippen molar-refractivity contribution in [2.45, 2.75) is 19.9 Å². The fourth-order valence-corrected chi connectivity index (χ4v) is 2.91. The first-order valence-corrected chi connectivity index (χ1v) is 8.68. The molecule has 3 aromatic rings. The summed E-state index contributed by atoms with van der Waals surface area (Å²) in [6, 6.07) is 15.1. The third-order valence-corrected chi connectivity index (χ3v) is 4.45. The van der Waals surface area contributed by atoms with Crippen molar-refractivity contribution in [3.8, 4) is 6.07 Å². The monoisotopic (exact) mass is 360 g/mol. The minimum absolute atomic E-state index is 0.0862. The van der Waals surface area contributed by atoms with Crippen molar-refractivity contribution >= 4 is 16.9 Å². The molecule has 27 heavy (non-hydrogen) atoms. The van der Waals surface area contributed by atoms with Crippen molar-refractivity contribution in [1.82, 2.24) is 14.5 Å². The molecular formula is C21H20N4O2. The minimum Gasteiger partial charge on any atom is -0.341 e. The zero-order valence-electron chi connectivity index (χ0n) is 15.3. The molecular weight excluding hydrogens is 340 g/mol. The molecule has 0 unspecified atom stereocenters. The first-order valence-electron chi connectivity index (χ1n) is 8.68. The third kappa shape index (κ3) is 3.87. The molecule has 0 saturated carbocycles. The van der Waals surface area contributed by atoms with Gasteiger partial charge in [-0.25, -0.2) is 4.98 Å². The standard InChI is InChI=1S/C21H20N4O2/c1-15-6-8-16(9-7-15)14-25-19-17(5-3-11-23-19)13-18(21(25)27)20(26)24(2)12-4-10-22/h3,5-9,11,13H,4,12,14H2,1-2H3. The Labute approximate surface area is 157 Å². The van der Waals surface area contributed by atoms with Crippen LogP contribution in [0.5, 0.6) is 0 Å². The van der Waals surface area contributed by atoms with Crippen molar-refractivity contribution in [2.24, 2.45) is 0 Å². The minimum atomic E-state index is -0.390. The van der Waals surface area contributed by atoms with Crippen molar-refractivity contribution in [3.05, 3.63) is 75.7 Å². The summed E-state index contributed by atoms with van der Waals surface area (Å²) < 4.78 is 1.53. The lowest BCUT2D eigenvalue weighted by Crippen LogP contribution is -2.35. The second kappa shape index (κ2) is 7.83. The van der Waals surface area contributed by atoms with Gasteiger partial charge in [-0.05, 0) is 30.7 Å². The van der Waals surface area contributed by atoms with E-state index in [1.165, 1.54) is 9.47 Å². The molecule has 0 saturated heterocycles. The van der Waals surface area contributed by atoms with Gasteiger partial charge in [-0.1, -0.05) is 29.8 Å². The lowest BCUT2D eigenvalue weighted by Gasteiger charge is -2.17. The summed E-state index contributed by atoms with van der Waals surface area (Å²) in [4.78, 5) is 31.6. The summed E-state index contributed by atoms with van der Waals surface area (Å²) >= 11 is 0. The number of benzene rings is 1. The van der Waals surface area contributed by atoms with Crippen molar-refractivity contribution in [1.29, 1.82) is 5.26 Å². The number of carbonyl (C=O) groups excluding carboxylic acids is 1. The summed E-state index contributed by atoms with van der Waals surface area (Å²) in [5.74, 6) is -0.390. The van der Waals surface area contributed by atoms with Crippen LogP contribution in [0.15, 0.2) is 53.5 Å². The molecule has 0 N–H and O–H groups in total. The number of fused-ring (bicyclic) bond motifs is 1. The van der Waals surface area contributed by atoms with E-state index in [0.29, 0.717) is 12.2 Å². The molecule has 2 heterocycles. The first-order chi connectivity index (χ1) is 13.0. The first kappa shape index (κ1) is 18.3. The molecule has 0 aliphatic carbocycles. The fourth-order valence-electron chi connectivity index (χ4n) is 2.91. The zero-order chi connectivity index (χ0) is 19.4. The van der Waals surface area contributed by atoms with E-state index in [9.17, 15) is 9.59 Å². The smallest absolute Gasteiger partial charge is 0.265 e. The number of aryl methyl sites for hydroxylation is 1. The number of carbonyl (C=O) groups is 1. The maximum absolute atomic E-state index is 13.1. The Balaban J connectivity index is 2.10. The molecule has 136 valence electrons. The Morgan fingerprint density at radius 2 is 2.00 bits per heavy atom. The highest BCUT2D eigenvalue weighted by molar-refractivity contribution is 5.96. The molecule has 2 aromatic heterocycles. The number of hydrogen-bond donors (Lipinski definition) is 0. The van der Waals surface area contributed by atoms with E-state index >= 15 is 0 Å². The van der Waals surface area contributed by atoms with Crippen LogP contribution in [0, 0.1) is 18.3 Å². The molecule has 0 atom stereocenters. The number of amides is 1. The molecule has 0 bridgehead atoms. The van der Waals surface area contributed by atoms with E-state index in [1.54, 1.807) is 25.4 Å². The predicted octanol–water partition coefficient (Wildman–Crippen LogP) is 2.74. The highest BCUT2D eigenvalue weighted by Crippen LogP contribution is 2.14. The quantitative estimate of drug-likeness (QED) is 0.701. The molecule has 1 aromatic carbocycles. The summed E-state index contributed by atoms with van der Waals surface area (Å²) in [5, 5.41) is 9.45. The Kier molecular flexibility index (Phi) is 5.32. The van der Waals surface area contributed by atoms with E-state index in [1.807, 2.05) is 43.3 Å². The van der Waals surface area contributed by atoms with Crippen LogP contribution in [-0.2, 0) is 6.54 Å². The van der Waals surface area contributed by atoms with Crippen LogP contribution >= 0.6 is 0 Å². The third-order valence-electron chi connectivity index (χ3n) is 4.45. The van der Waals surface area contributed by atoms with Gasteiger partial charge in [0, 0.05) is 25.2 Å². The van der Waals surface area contributed by atoms with E-state index in [-0.39, 0.29) is 24.1 Å². The molecule has 0 fully saturated rings. The second-order valence-electron chi connectivity index (χ2n) is 6.49. The highest BCUT2D eigenvalue weighted by atomic mass is 16.2. The number of aromatic nitrogens is 2. The summed E-state index contributed by atoms with van der Waals surface area (Å²) in [6.07, 6.45) is 1.85. The van der Waals surface area contributed by atoms with Crippen LogP contribution in [0.1, 0.15) is 27.9 Å². The molecule has 0 spiro atoms. The fraction of sp³-hybridized carbons (Fsp3) is 0.238. The Morgan fingerprint density at radius 1 is 1.26 bits per heavy atom. The number of pyridine rings is 2. The van der Waals surface area contributed by atoms with Crippen molar-refractivity contribution < 1.29 is 4.79 Å². The van der Waals surface area contributed by atoms with Gasteiger partial charge in [-0.15, -0.1) is 0 Å². The van der Waals surface area contributed by atoms with Gasteiger partial charge in [0.25, 0.3) is 11.5 Å². The van der Waals surface area contributed by atoms with Crippen molar-refractivity contribution in [2.75, 3.05) is 13.6 Å². The molecule has 3 rings (SSSR count). The lowest BCUT2D eigenvalue weighted by atomic mass is 10.1. The Bertz CT molecular complexity index is 1080. The van der Waals surface area contributed by atoms with Gasteiger partial charge in [0.1, 0.15) is 11.2 Å². The Hall–Kier alpha value is -3.46. The Morgan fingerprint density at radius 3 is 2.70 bits per heavy atom. The topological polar surface area (TPSA) is 79.0 Å². The lowest BCUT2D eigenvalue weighted by molar-refractivity contribution is 0.0796. The van der Waals surface area contributed by atoms with E-state index in [0.717, 1.165) is 16.5 Å². The molecule has 6 heteroatoms. The number of nitrogens with zero attached hydrogens (tertiary/aromatic N) is 4. The van der Waals surface area contributed by atoms with E-state index in [2.05, 4.69) is 4.98 Å². The number of rotatable bonds is 5. The van der Waals surface area contributed by atoms with E-state index < -0.39 is 5.91 Å². The largest absolute Gasteiger partial charge is 0.341 e. The van der Waals surface area contributed by atoms with E-state index in [4.69, 9.17) is 5.26 Å². The molecule has 6 nitrogen and oxygen atoms in total. The van der Waals surface area contributed by atoms with Gasteiger partial charge in [0.15, 0.2) is 0 Å². The van der Waals surface area contributed by atoms with Gasteiger partial charge in [0.05, 0.1) is 19.0 Å². The van der Waals surface area contributed by atoms with Crippen molar-refractivity contribution in [3.63, 3.8) is 0 Å². The second-order valence-corrected chi connectivity index (χ2v) is 6.49. The summed E-state index contributed by atoms with van der Waals surface area (Å²) in [6.45, 7) is 2.61. The van der Waals surface area contributed by atoms with Gasteiger partial charge in [0.2, 0.25) is 0 Å². The van der Waals surface area contributed by atoms with Crippen LogP contribution < -0.4 is 5.56 Å². The van der Waals surface area contributed by atoms with Gasteiger partial charge in [-0.2, -0.15) is 5.26 Å². The molecule has 0 aliphatic heterocycles. The average molecular weight is 360 g/mol. The number of nitriles is 1. The number of hydrogen-bond acceptors (Lipinski definition) is 4. The summed E-state index contributed by atoms with van der Waals surface area (Å²) in [7, 11) is 1.59. The van der Waals surface area contributed by atoms with Crippen LogP contribution in [0.2, 0.25) is 0 Å². The van der Waals surface area contributed by atoms with Crippen LogP contribution in [0.4, 0.5) is 0 Å². The van der Waals surface area contributed by atoms with Crippen LogP contribution in [-0.4, -0.2) is 34.0 Å². The normalized spacial score (nSPS) is 10.6. The average Bonchev–Trinajstić information content (AvgIpc) is 2.69. The van der Waals surface area contributed by atoms with Crippen LogP contribution in [0.3, 0.4) is 0 Å². The molecule has 1 amide bonds. The van der Waals surface area contributed by atoms with Crippen LogP contribution in [0.25, 0.3) is 11.0 Å². The molecule has 0 aliphatic rings. The summed E-state index contributed by atoms with van der Waals surface area (Å²) in [5.41, 5.74) is 2.34. The van der Waals surface area contributed by atoms with Gasteiger partial charge in [-0.3, -0.25) is 14.2 Å². The molecule has 0 radical (unpaired) electrons. The zero-order valence-corrected chi connectivity index (χ0v) is 15.3. The predicted molar refractivity (Wildman–Crippen MR) is 103 cm³/mol.